The number of nitrogens with one attached hydrogen (secondary N) is 3. The van der Waals surface area contributed by atoms with Crippen molar-refractivity contribution in [2.24, 2.45) is 0 Å². The molecule has 15 heteroatoms. The number of benzene rings is 5. The number of hydrogen-bond acceptors (Lipinski definition) is 12. The van der Waals surface area contributed by atoms with Crippen LogP contribution in [0.5, 0.6) is 0 Å². The summed E-state index contributed by atoms with van der Waals surface area (Å²) in [5, 5.41) is 19.8. The van der Waals surface area contributed by atoms with Crippen molar-refractivity contribution in [2.45, 2.75) is 35.3 Å². The standard InChI is InChI=1S/C44H49N9O4S2/c1-50(2)22-21-35(31-58-37-14-7-4-8-15-37)48-41-20-18-38(28-43(41)53(54)55)59(56,57)49-44-39-19-17-36(27-42(39)46-32-47-44)52-25-23-51(24-26-52)30-34-13-9-10-16-40(34)45-29-33-11-5-3-6-12-33/h3-20,27-28,32,35,45,48H,21-26,29-31H2,1-2H3,(H,46,47,49). The maximum Gasteiger partial charge on any atom is 0.293 e. The van der Waals surface area contributed by atoms with Gasteiger partial charge in [-0.2, -0.15) is 0 Å². The van der Waals surface area contributed by atoms with Crippen LogP contribution in [0.3, 0.4) is 0 Å². The van der Waals surface area contributed by atoms with Gasteiger partial charge in [0.2, 0.25) is 0 Å². The van der Waals surface area contributed by atoms with E-state index < -0.39 is 14.9 Å². The number of nitro benzene ring substituents is 1. The maximum atomic E-state index is 13.7. The predicted octanol–water partition coefficient (Wildman–Crippen LogP) is 7.80. The Balaban J connectivity index is 1.00. The monoisotopic (exact) mass is 831 g/mol. The van der Waals surface area contributed by atoms with Crippen molar-refractivity contribution in [3.8, 4) is 0 Å². The molecule has 1 saturated heterocycles. The summed E-state index contributed by atoms with van der Waals surface area (Å²) in [7, 11) is -0.304. The lowest BCUT2D eigenvalue weighted by atomic mass is 10.1. The molecule has 1 fully saturated rings. The number of thioether (sulfide) groups is 1. The van der Waals surface area contributed by atoms with Crippen molar-refractivity contribution in [1.82, 2.24) is 19.8 Å². The molecule has 3 N–H and O–H groups in total. The molecule has 6 aromatic rings. The smallest absolute Gasteiger partial charge is 0.293 e. The largest absolute Gasteiger partial charge is 0.381 e. The highest BCUT2D eigenvalue weighted by Crippen LogP contribution is 2.32. The van der Waals surface area contributed by atoms with E-state index in [1.165, 1.54) is 29.6 Å². The van der Waals surface area contributed by atoms with Crippen LogP contribution in [0.4, 0.5) is 28.6 Å². The fraction of sp³-hybridized carbons (Fsp3) is 0.273. The molecule has 1 aromatic heterocycles. The molecule has 306 valence electrons. The summed E-state index contributed by atoms with van der Waals surface area (Å²) >= 11 is 1.66. The van der Waals surface area contributed by atoms with Crippen LogP contribution >= 0.6 is 11.8 Å². The Kier molecular flexibility index (Phi) is 13.6. The zero-order chi connectivity index (χ0) is 41.2. The molecule has 0 bridgehead atoms. The van der Waals surface area contributed by atoms with Gasteiger partial charge in [0, 0.05) is 78.8 Å². The predicted molar refractivity (Wildman–Crippen MR) is 239 cm³/mol. The Morgan fingerprint density at radius 2 is 1.58 bits per heavy atom. The van der Waals surface area contributed by atoms with Crippen LogP contribution in [-0.2, 0) is 23.1 Å². The van der Waals surface area contributed by atoms with E-state index in [-0.39, 0.29) is 28.1 Å². The molecular formula is C44H49N9O4S2. The Labute approximate surface area is 350 Å². The summed E-state index contributed by atoms with van der Waals surface area (Å²) in [5.41, 5.74) is 5.13. The van der Waals surface area contributed by atoms with Gasteiger partial charge < -0.3 is 20.4 Å². The highest BCUT2D eigenvalue weighted by molar-refractivity contribution is 7.99. The van der Waals surface area contributed by atoms with Crippen molar-refractivity contribution in [1.29, 1.82) is 0 Å². The van der Waals surface area contributed by atoms with E-state index >= 15 is 0 Å². The van der Waals surface area contributed by atoms with Gasteiger partial charge in [0.05, 0.1) is 15.3 Å². The van der Waals surface area contributed by atoms with Crippen LogP contribution in [0.1, 0.15) is 17.5 Å². The molecule has 1 aliphatic heterocycles. The number of sulfonamides is 1. The zero-order valence-corrected chi connectivity index (χ0v) is 34.8. The third-order valence-electron chi connectivity index (χ3n) is 10.3. The van der Waals surface area contributed by atoms with Crippen LogP contribution < -0.4 is 20.3 Å². The van der Waals surface area contributed by atoms with Crippen LogP contribution in [0.2, 0.25) is 0 Å². The molecule has 13 nitrogen and oxygen atoms in total. The van der Waals surface area contributed by atoms with Crippen LogP contribution in [0, 0.1) is 10.1 Å². The molecular weight excluding hydrogens is 783 g/mol. The summed E-state index contributed by atoms with van der Waals surface area (Å²) < 4.78 is 30.1. The Morgan fingerprint density at radius 3 is 2.32 bits per heavy atom. The minimum atomic E-state index is -4.26. The highest BCUT2D eigenvalue weighted by atomic mass is 32.2. The average molecular weight is 832 g/mol. The lowest BCUT2D eigenvalue weighted by Gasteiger charge is -2.36. The van der Waals surface area contributed by atoms with Gasteiger partial charge in [-0.1, -0.05) is 66.7 Å². The van der Waals surface area contributed by atoms with Gasteiger partial charge >= 0.3 is 0 Å². The topological polar surface area (TPSA) is 149 Å². The van der Waals surface area contributed by atoms with E-state index in [4.69, 9.17) is 0 Å². The first-order valence-electron chi connectivity index (χ1n) is 19.6. The summed E-state index contributed by atoms with van der Waals surface area (Å²) in [5.74, 6) is 0.760. The molecule has 0 amide bonds. The third kappa shape index (κ3) is 11.1. The van der Waals surface area contributed by atoms with Gasteiger partial charge in [-0.25, -0.2) is 18.4 Å². The first-order chi connectivity index (χ1) is 28.6. The fourth-order valence-electron chi connectivity index (χ4n) is 7.03. The summed E-state index contributed by atoms with van der Waals surface area (Å²) in [6, 6.07) is 38.3. The third-order valence-corrected chi connectivity index (χ3v) is 12.8. The Hall–Kier alpha value is -5.74. The number of rotatable bonds is 18. The number of fused-ring (bicyclic) bond motifs is 1. The quantitative estimate of drug-likeness (QED) is 0.0441. The minimum Gasteiger partial charge on any atom is -0.381 e. The molecule has 7 rings (SSSR count). The lowest BCUT2D eigenvalue weighted by Crippen LogP contribution is -2.46. The normalized spacial score (nSPS) is 14.0. The fourth-order valence-corrected chi connectivity index (χ4v) is 9.08. The first-order valence-corrected chi connectivity index (χ1v) is 22.1. The Bertz CT molecular complexity index is 2450. The summed E-state index contributed by atoms with van der Waals surface area (Å²) in [6.07, 6.45) is 2.05. The van der Waals surface area contributed by atoms with Crippen LogP contribution in [0.25, 0.3) is 10.9 Å². The SMILES string of the molecule is CN(C)CCC(CSc1ccccc1)Nc1ccc(S(=O)(=O)Nc2ncnc3cc(N4CCN(Cc5ccccc5NCc5ccccc5)CC4)ccc23)cc1[N+](=O)[O-]. The van der Waals surface area contributed by atoms with E-state index in [0.29, 0.717) is 16.7 Å². The van der Waals surface area contributed by atoms with Crippen molar-refractivity contribution < 1.29 is 13.3 Å². The van der Waals surface area contributed by atoms with Gasteiger partial charge in [-0.05, 0) is 86.7 Å². The molecule has 1 atom stereocenters. The minimum absolute atomic E-state index is 0.0949. The molecule has 0 spiro atoms. The van der Waals surface area contributed by atoms with E-state index in [2.05, 4.69) is 88.6 Å². The van der Waals surface area contributed by atoms with Crippen molar-refractivity contribution in [3.05, 3.63) is 149 Å². The molecule has 0 radical (unpaired) electrons. The van der Waals surface area contributed by atoms with Crippen LogP contribution in [0.15, 0.2) is 137 Å². The number of para-hydroxylation sites is 1. The number of hydrogen-bond donors (Lipinski definition) is 3. The lowest BCUT2D eigenvalue weighted by molar-refractivity contribution is -0.384. The van der Waals surface area contributed by atoms with E-state index in [1.807, 2.05) is 68.7 Å². The number of aromatic nitrogens is 2. The van der Waals surface area contributed by atoms with Gasteiger partial charge in [0.15, 0.2) is 5.82 Å². The van der Waals surface area contributed by atoms with Crippen molar-refractivity contribution >= 4 is 61.3 Å². The number of nitro groups is 1. The summed E-state index contributed by atoms with van der Waals surface area (Å²) in [4.78, 5) is 28.2. The molecule has 5 aromatic carbocycles. The van der Waals surface area contributed by atoms with Crippen molar-refractivity contribution in [3.63, 3.8) is 0 Å². The zero-order valence-electron chi connectivity index (χ0n) is 33.2. The van der Waals surface area contributed by atoms with Gasteiger partial charge in [0.1, 0.15) is 12.0 Å². The van der Waals surface area contributed by atoms with Crippen LogP contribution in [-0.4, -0.2) is 91.7 Å². The molecule has 59 heavy (non-hydrogen) atoms. The number of piperazine rings is 1. The second kappa shape index (κ2) is 19.3. The van der Waals surface area contributed by atoms with Gasteiger partial charge in [-0.15, -0.1) is 11.8 Å². The number of nitrogens with zero attached hydrogens (tertiary/aromatic N) is 6. The molecule has 2 heterocycles. The van der Waals surface area contributed by atoms with E-state index in [9.17, 15) is 18.5 Å². The first kappa shape index (κ1) is 41.4. The second-order valence-electron chi connectivity index (χ2n) is 14.8. The molecule has 0 aliphatic carbocycles. The second-order valence-corrected chi connectivity index (χ2v) is 17.6. The number of anilines is 4. The average Bonchev–Trinajstić information content (AvgIpc) is 3.25. The Morgan fingerprint density at radius 1 is 0.847 bits per heavy atom. The van der Waals surface area contributed by atoms with E-state index in [1.54, 1.807) is 11.8 Å². The summed E-state index contributed by atoms with van der Waals surface area (Å²) in [6.45, 7) is 5.78. The maximum absolute atomic E-state index is 13.7. The van der Waals surface area contributed by atoms with Gasteiger partial charge in [0.25, 0.3) is 15.7 Å². The van der Waals surface area contributed by atoms with Gasteiger partial charge in [-0.3, -0.25) is 19.7 Å². The molecule has 1 unspecified atom stereocenters. The van der Waals surface area contributed by atoms with E-state index in [0.717, 1.165) is 74.6 Å². The van der Waals surface area contributed by atoms with Crippen molar-refractivity contribution in [2.75, 3.05) is 72.8 Å². The molecule has 1 aliphatic rings. The molecule has 0 saturated carbocycles. The highest BCUT2D eigenvalue weighted by Gasteiger charge is 2.25.